The second kappa shape index (κ2) is 15.9. The van der Waals surface area contributed by atoms with Crippen molar-refractivity contribution < 1.29 is 13.2 Å². The van der Waals surface area contributed by atoms with E-state index in [4.69, 9.17) is 5.73 Å². The summed E-state index contributed by atoms with van der Waals surface area (Å²) < 4.78 is 25.8. The van der Waals surface area contributed by atoms with E-state index in [2.05, 4.69) is 68.4 Å². The van der Waals surface area contributed by atoms with Crippen LogP contribution in [-0.4, -0.2) is 96.4 Å². The molecule has 11 heteroatoms. The van der Waals surface area contributed by atoms with Gasteiger partial charge in [-0.3, -0.25) is 9.89 Å². The number of benzene rings is 2. The molecule has 0 aromatic heterocycles. The van der Waals surface area contributed by atoms with Crippen molar-refractivity contribution in [3.63, 3.8) is 0 Å². The van der Waals surface area contributed by atoms with E-state index in [0.29, 0.717) is 11.8 Å². The van der Waals surface area contributed by atoms with Crippen LogP contribution < -0.4 is 21.3 Å². The number of likely N-dealkylation sites (tertiary alicyclic amines) is 1. The number of allylic oxidation sites excluding steroid dienone is 1. The predicted octanol–water partition coefficient (Wildman–Crippen LogP) is 4.37. The number of nitrogens with two attached hydrogens (primary N) is 1. The SMILES string of the molecule is CCC[C@@H](CC1(C2CCN(CC3CN(c4ccc(S(=O)(=O)C(C=NC)=CN)cc4)C3)CC2)CN(CC)Cc2ccccc21)NC(=O)NC. The number of likely N-dealkylation sites (N-methyl/N-ethyl adjacent to an activating group) is 1. The zero-order valence-corrected chi connectivity index (χ0v) is 30.0. The molecule has 2 aromatic rings. The fourth-order valence-corrected chi connectivity index (χ4v) is 9.53. The van der Waals surface area contributed by atoms with Crippen LogP contribution in [0.15, 0.2) is 69.5 Å². The molecule has 3 heterocycles. The fourth-order valence-electron chi connectivity index (χ4n) is 8.34. The van der Waals surface area contributed by atoms with E-state index in [-0.39, 0.29) is 27.3 Å². The van der Waals surface area contributed by atoms with Crippen LogP contribution in [0.25, 0.3) is 0 Å². The Morgan fingerprint density at radius 3 is 2.42 bits per heavy atom. The molecule has 2 aromatic carbocycles. The van der Waals surface area contributed by atoms with Crippen LogP contribution in [0.3, 0.4) is 0 Å². The maximum absolute atomic E-state index is 12.9. The Hall–Kier alpha value is -3.41. The van der Waals surface area contributed by atoms with Gasteiger partial charge in [-0.15, -0.1) is 0 Å². The van der Waals surface area contributed by atoms with E-state index >= 15 is 0 Å². The number of hydrogen-bond donors (Lipinski definition) is 3. The number of nitrogens with one attached hydrogen (secondary N) is 2. The van der Waals surface area contributed by atoms with Crippen LogP contribution in [0.1, 0.15) is 57.1 Å². The second-order valence-corrected chi connectivity index (χ2v) is 15.8. The molecule has 0 saturated carbocycles. The van der Waals surface area contributed by atoms with Gasteiger partial charge in [0.1, 0.15) is 4.91 Å². The third kappa shape index (κ3) is 7.74. The molecule has 1 unspecified atom stereocenters. The first-order valence-electron chi connectivity index (χ1n) is 17.6. The maximum atomic E-state index is 12.9. The molecule has 0 spiro atoms. The Morgan fingerprint density at radius 2 is 1.79 bits per heavy atom. The van der Waals surface area contributed by atoms with Crippen molar-refractivity contribution in [3.05, 3.63) is 70.8 Å². The molecule has 2 atom stereocenters. The molecule has 0 bridgehead atoms. The second-order valence-electron chi connectivity index (χ2n) is 13.8. The lowest BCUT2D eigenvalue weighted by molar-refractivity contribution is 0.0592. The van der Waals surface area contributed by atoms with Gasteiger partial charge in [-0.25, -0.2) is 13.2 Å². The highest BCUT2D eigenvalue weighted by Gasteiger charge is 2.47. The summed E-state index contributed by atoms with van der Waals surface area (Å²) in [5.41, 5.74) is 9.52. The van der Waals surface area contributed by atoms with Gasteiger partial charge in [0.2, 0.25) is 9.84 Å². The molecule has 48 heavy (non-hydrogen) atoms. The number of aliphatic imine (C=N–C) groups is 1. The van der Waals surface area contributed by atoms with Crippen LogP contribution in [0.4, 0.5) is 10.5 Å². The maximum Gasteiger partial charge on any atom is 0.314 e. The molecule has 5 rings (SSSR count). The first-order chi connectivity index (χ1) is 23.2. The quantitative estimate of drug-likeness (QED) is 0.269. The van der Waals surface area contributed by atoms with Gasteiger partial charge in [0.25, 0.3) is 0 Å². The molecule has 3 aliphatic heterocycles. The third-order valence-corrected chi connectivity index (χ3v) is 12.6. The van der Waals surface area contributed by atoms with Crippen molar-refractivity contribution in [3.8, 4) is 0 Å². The van der Waals surface area contributed by atoms with Crippen LogP contribution in [-0.2, 0) is 21.8 Å². The Morgan fingerprint density at radius 1 is 1.08 bits per heavy atom. The number of rotatable bonds is 13. The van der Waals surface area contributed by atoms with E-state index in [1.807, 2.05) is 12.1 Å². The summed E-state index contributed by atoms with van der Waals surface area (Å²) in [6.07, 6.45) is 7.62. The molecule has 3 aliphatic rings. The molecule has 0 aliphatic carbocycles. The minimum atomic E-state index is -3.69. The monoisotopic (exact) mass is 677 g/mol. The van der Waals surface area contributed by atoms with Gasteiger partial charge < -0.3 is 26.2 Å². The van der Waals surface area contributed by atoms with Crippen LogP contribution in [0, 0.1) is 11.8 Å². The molecule has 2 fully saturated rings. The number of amides is 2. The lowest BCUT2D eigenvalue weighted by Crippen LogP contribution is -2.57. The summed E-state index contributed by atoms with van der Waals surface area (Å²) in [5.74, 6) is 1.13. The molecule has 10 nitrogen and oxygen atoms in total. The molecule has 0 radical (unpaired) electrons. The minimum Gasteiger partial charge on any atom is -0.403 e. The number of carbonyl (C=O) groups is 1. The van der Waals surface area contributed by atoms with Crippen molar-refractivity contribution in [2.45, 2.75) is 68.8 Å². The van der Waals surface area contributed by atoms with Crippen LogP contribution >= 0.6 is 0 Å². The average molecular weight is 678 g/mol. The summed E-state index contributed by atoms with van der Waals surface area (Å²) in [5, 5.41) is 6.09. The molecule has 2 saturated heterocycles. The predicted molar refractivity (Wildman–Crippen MR) is 195 cm³/mol. The lowest BCUT2D eigenvalue weighted by Gasteiger charge is -2.52. The summed E-state index contributed by atoms with van der Waals surface area (Å²) in [4.78, 5) is 24.1. The normalized spacial score (nSPS) is 22.3. The molecule has 262 valence electrons. The largest absolute Gasteiger partial charge is 0.403 e. The van der Waals surface area contributed by atoms with Crippen molar-refractivity contribution in [2.75, 3.05) is 64.8 Å². The van der Waals surface area contributed by atoms with Gasteiger partial charge >= 0.3 is 6.03 Å². The minimum absolute atomic E-state index is 0.00520. The highest BCUT2D eigenvalue weighted by molar-refractivity contribution is 7.96. The van der Waals surface area contributed by atoms with Crippen molar-refractivity contribution in [2.24, 2.45) is 22.6 Å². The van der Waals surface area contributed by atoms with E-state index in [0.717, 1.165) is 96.3 Å². The summed E-state index contributed by atoms with van der Waals surface area (Å²) in [6, 6.07) is 16.2. The molecular weight excluding hydrogens is 623 g/mol. The van der Waals surface area contributed by atoms with Crippen molar-refractivity contribution in [1.29, 1.82) is 0 Å². The Labute approximate surface area is 287 Å². The summed E-state index contributed by atoms with van der Waals surface area (Å²) in [7, 11) is -0.471. The van der Waals surface area contributed by atoms with E-state index in [1.165, 1.54) is 24.4 Å². The number of nitrogens with zero attached hydrogens (tertiary/aromatic N) is 4. The number of anilines is 1. The number of urea groups is 1. The summed E-state index contributed by atoms with van der Waals surface area (Å²) in [6.45, 7) is 12.7. The highest BCUT2D eigenvalue weighted by Crippen LogP contribution is 2.47. The van der Waals surface area contributed by atoms with Gasteiger partial charge in [0.15, 0.2) is 0 Å². The lowest BCUT2D eigenvalue weighted by atomic mass is 9.60. The summed E-state index contributed by atoms with van der Waals surface area (Å²) >= 11 is 0. The first kappa shape index (κ1) is 35.9. The number of sulfone groups is 1. The Kier molecular flexibility index (Phi) is 11.9. The van der Waals surface area contributed by atoms with Crippen molar-refractivity contribution in [1.82, 2.24) is 20.4 Å². The highest BCUT2D eigenvalue weighted by atomic mass is 32.2. The van der Waals surface area contributed by atoms with Gasteiger partial charge in [0, 0.05) is 82.3 Å². The number of carbonyl (C=O) groups excluding carboxylic acids is 1. The van der Waals surface area contributed by atoms with Gasteiger partial charge in [-0.2, -0.15) is 0 Å². The van der Waals surface area contributed by atoms with E-state index in [1.54, 1.807) is 19.2 Å². The standard InChI is InChI=1S/C37H55N7O3S/c1-5-9-31(41-36(45)40-4)20-37(27-42(6-2)26-29-10-7-8-11-35(29)37)30-16-18-43(19-17-30)23-28-24-44(25-28)32-12-14-33(15-13-32)48(46,47)34(21-38)22-39-3/h7-8,10-15,21-22,28,30-31H,5-6,9,16-20,23-27,38H2,1-4H3,(H2,40,41,45)/t31-,37?/m0/s1. The molecule has 2 amide bonds. The van der Waals surface area contributed by atoms with Gasteiger partial charge in [0.05, 0.1) is 4.90 Å². The fraction of sp³-hybridized carbons (Fsp3) is 0.568. The average Bonchev–Trinajstić information content (AvgIpc) is 3.08. The first-order valence-corrected chi connectivity index (χ1v) is 19.1. The Bertz CT molecular complexity index is 1550. The van der Waals surface area contributed by atoms with E-state index < -0.39 is 9.84 Å². The number of piperidine rings is 1. The number of hydrogen-bond acceptors (Lipinski definition) is 8. The van der Waals surface area contributed by atoms with Crippen LogP contribution in [0.5, 0.6) is 0 Å². The smallest absolute Gasteiger partial charge is 0.314 e. The van der Waals surface area contributed by atoms with E-state index in [9.17, 15) is 13.2 Å². The van der Waals surface area contributed by atoms with Crippen molar-refractivity contribution >= 4 is 27.8 Å². The van der Waals surface area contributed by atoms with Gasteiger partial charge in [-0.1, -0.05) is 44.5 Å². The zero-order valence-electron chi connectivity index (χ0n) is 29.2. The molecule has 4 N–H and O–H groups in total. The molecular formula is C37H55N7O3S. The van der Waals surface area contributed by atoms with Crippen LogP contribution in [0.2, 0.25) is 0 Å². The van der Waals surface area contributed by atoms with Gasteiger partial charge in [-0.05, 0) is 86.6 Å². The zero-order chi connectivity index (χ0) is 34.3. The Balaban J connectivity index is 1.23. The topological polar surface area (TPSA) is 123 Å². The third-order valence-electron chi connectivity index (χ3n) is 10.8. The number of fused-ring (bicyclic) bond motifs is 1.